The lowest BCUT2D eigenvalue weighted by atomic mass is 9.92. The van der Waals surface area contributed by atoms with Gasteiger partial charge < -0.3 is 24.6 Å². The van der Waals surface area contributed by atoms with Crippen molar-refractivity contribution in [3.8, 4) is 5.75 Å². The zero-order valence-corrected chi connectivity index (χ0v) is 20.6. The van der Waals surface area contributed by atoms with Crippen LogP contribution >= 0.6 is 0 Å². The highest BCUT2D eigenvalue weighted by molar-refractivity contribution is 6.07. The predicted molar refractivity (Wildman–Crippen MR) is 132 cm³/mol. The number of amides is 2. The molecule has 192 valence electrons. The molecule has 1 aliphatic carbocycles. The molecule has 0 bridgehead atoms. The number of hydrogen-bond donors (Lipinski definition) is 2. The summed E-state index contributed by atoms with van der Waals surface area (Å²) in [6.07, 6.45) is 2.41. The second-order valence-corrected chi connectivity index (χ2v) is 8.92. The molecule has 0 radical (unpaired) electrons. The maximum absolute atomic E-state index is 14.8. The smallest absolute Gasteiger partial charge is 0.280 e. The van der Waals surface area contributed by atoms with Gasteiger partial charge in [-0.05, 0) is 66.1 Å². The van der Waals surface area contributed by atoms with Gasteiger partial charge in [-0.2, -0.15) is 0 Å². The highest BCUT2D eigenvalue weighted by Gasteiger charge is 2.27. The summed E-state index contributed by atoms with van der Waals surface area (Å²) < 4.78 is 30.6. The van der Waals surface area contributed by atoms with E-state index >= 15 is 0 Å². The van der Waals surface area contributed by atoms with Crippen LogP contribution in [0.5, 0.6) is 5.75 Å². The highest BCUT2D eigenvalue weighted by Crippen LogP contribution is 2.38. The van der Waals surface area contributed by atoms with Gasteiger partial charge in [0.2, 0.25) is 0 Å². The molecule has 36 heavy (non-hydrogen) atoms. The van der Waals surface area contributed by atoms with E-state index in [-0.39, 0.29) is 12.2 Å². The van der Waals surface area contributed by atoms with E-state index in [4.69, 9.17) is 14.2 Å². The van der Waals surface area contributed by atoms with Crippen LogP contribution in [0.4, 0.5) is 4.39 Å². The van der Waals surface area contributed by atoms with Crippen molar-refractivity contribution < 1.29 is 33.3 Å². The molecule has 1 fully saturated rings. The summed E-state index contributed by atoms with van der Waals surface area (Å²) in [6, 6.07) is 6.32. The highest BCUT2D eigenvalue weighted by atomic mass is 19.1. The Balaban J connectivity index is 1.63. The number of rotatable bonds is 8. The third kappa shape index (κ3) is 5.64. The number of methoxy groups -OCH3 is 2. The van der Waals surface area contributed by atoms with E-state index in [0.29, 0.717) is 55.2 Å². The van der Waals surface area contributed by atoms with Gasteiger partial charge in [0.1, 0.15) is 17.7 Å². The van der Waals surface area contributed by atoms with Crippen molar-refractivity contribution in [1.82, 2.24) is 5.32 Å². The zero-order chi connectivity index (χ0) is 25.7. The molecule has 1 saturated heterocycles. The molecule has 0 spiro atoms. The number of nitrogens with one attached hydrogen (secondary N) is 1. The molecule has 8 nitrogen and oxygen atoms in total. The van der Waals surface area contributed by atoms with Crippen LogP contribution in [0.1, 0.15) is 55.8 Å². The van der Waals surface area contributed by atoms with Crippen molar-refractivity contribution in [3.63, 3.8) is 0 Å². The average Bonchev–Trinajstić information content (AvgIpc) is 3.36. The van der Waals surface area contributed by atoms with E-state index in [2.05, 4.69) is 10.3 Å². The Labute approximate surface area is 209 Å². The lowest BCUT2D eigenvalue weighted by Crippen LogP contribution is -2.33. The van der Waals surface area contributed by atoms with Crippen molar-refractivity contribution in [3.05, 3.63) is 63.5 Å². The van der Waals surface area contributed by atoms with E-state index in [1.165, 1.54) is 26.4 Å². The fraction of sp³-hybridized carbons (Fsp3) is 0.444. The first-order chi connectivity index (χ1) is 17.4. The second kappa shape index (κ2) is 11.7. The van der Waals surface area contributed by atoms with Crippen molar-refractivity contribution in [1.29, 1.82) is 0 Å². The summed E-state index contributed by atoms with van der Waals surface area (Å²) in [5.41, 5.74) is 4.35. The number of carbonyl (C=O) groups excluding carboxylic acids is 2. The van der Waals surface area contributed by atoms with Gasteiger partial charge in [0.05, 0.1) is 43.8 Å². The van der Waals surface area contributed by atoms with E-state index in [9.17, 15) is 19.1 Å². The molecule has 2 amide bonds. The number of carbonyl (C=O) groups is 2. The topological polar surface area (TPSA) is 106 Å². The van der Waals surface area contributed by atoms with Crippen LogP contribution < -0.4 is 10.1 Å². The maximum atomic E-state index is 14.8. The van der Waals surface area contributed by atoms with Gasteiger partial charge in [-0.15, -0.1) is 0 Å². The monoisotopic (exact) mass is 498 g/mol. The lowest BCUT2D eigenvalue weighted by molar-refractivity contribution is 0.0523. The van der Waals surface area contributed by atoms with Crippen LogP contribution in [0.3, 0.4) is 0 Å². The Hall–Kier alpha value is -3.14. The van der Waals surface area contributed by atoms with Crippen LogP contribution in [-0.4, -0.2) is 69.3 Å². The minimum absolute atomic E-state index is 0.0310. The largest absolute Gasteiger partial charge is 0.496 e. The first-order valence-corrected chi connectivity index (χ1v) is 12.1. The first kappa shape index (κ1) is 25.9. The number of fused-ring (bicyclic) bond motifs is 1. The maximum Gasteiger partial charge on any atom is 0.280 e. The zero-order valence-electron chi connectivity index (χ0n) is 20.6. The molecule has 2 aliphatic rings. The Kier molecular flexibility index (Phi) is 8.45. The number of hydrogen-bond acceptors (Lipinski definition) is 6. The Morgan fingerprint density at radius 1 is 1.17 bits per heavy atom. The summed E-state index contributed by atoms with van der Waals surface area (Å²) in [5, 5.41) is 12.8. The Morgan fingerprint density at radius 2 is 1.97 bits per heavy atom. The van der Waals surface area contributed by atoms with Crippen molar-refractivity contribution in [2.75, 3.05) is 40.6 Å². The molecule has 0 aromatic heterocycles. The minimum atomic E-state index is -0.907. The number of halogens is 1. The van der Waals surface area contributed by atoms with Gasteiger partial charge in [-0.1, -0.05) is 6.07 Å². The summed E-state index contributed by atoms with van der Waals surface area (Å²) in [7, 11) is 3.06. The van der Waals surface area contributed by atoms with E-state index in [1.54, 1.807) is 12.1 Å². The number of aliphatic hydroxyl groups excluding tert-OH is 1. The molecule has 1 heterocycles. The first-order valence-electron chi connectivity index (χ1n) is 12.1. The number of aliphatic imine (C=N–C) groups is 1. The molecule has 4 rings (SSSR count). The van der Waals surface area contributed by atoms with Gasteiger partial charge in [0.15, 0.2) is 0 Å². The number of ether oxygens (including phenoxy) is 3. The second-order valence-electron chi connectivity index (χ2n) is 8.92. The summed E-state index contributed by atoms with van der Waals surface area (Å²) >= 11 is 0. The van der Waals surface area contributed by atoms with Crippen LogP contribution in [0.2, 0.25) is 0 Å². The molecule has 1 aliphatic heterocycles. The number of nitrogens with zero attached hydrogens (tertiary/aromatic N) is 1. The molecule has 2 aromatic carbocycles. The molecule has 0 unspecified atom stereocenters. The molecule has 0 saturated carbocycles. The van der Waals surface area contributed by atoms with Crippen molar-refractivity contribution in [2.24, 2.45) is 4.99 Å². The molecular formula is C27H31FN2O6. The summed E-state index contributed by atoms with van der Waals surface area (Å²) in [4.78, 5) is 29.6. The lowest BCUT2D eigenvalue weighted by Gasteiger charge is -2.20. The third-order valence-corrected chi connectivity index (χ3v) is 6.55. The molecule has 2 aromatic rings. The molecule has 1 atom stereocenters. The number of benzene rings is 2. The van der Waals surface area contributed by atoms with Crippen molar-refractivity contribution >= 4 is 17.5 Å². The quantitative estimate of drug-likeness (QED) is 0.542. The van der Waals surface area contributed by atoms with E-state index in [1.807, 2.05) is 0 Å². The van der Waals surface area contributed by atoms with Gasteiger partial charge in [-0.3, -0.25) is 9.59 Å². The van der Waals surface area contributed by atoms with E-state index in [0.717, 1.165) is 36.0 Å². The summed E-state index contributed by atoms with van der Waals surface area (Å²) in [5.74, 6) is -1.07. The van der Waals surface area contributed by atoms with Crippen LogP contribution in [0.25, 0.3) is 0 Å². The van der Waals surface area contributed by atoms with Crippen LogP contribution in [-0.2, 0) is 28.7 Å². The SMILES string of the molecule is COCCNC(=O)c1ccc(Cc2cc(C(=O)/N=C3/CCOC[C@@H]3O)c(OC)c3c2CCC3)cc1F. The van der Waals surface area contributed by atoms with Crippen molar-refractivity contribution in [2.45, 2.75) is 38.2 Å². The van der Waals surface area contributed by atoms with Gasteiger partial charge in [-0.25, -0.2) is 9.38 Å². The molecule has 2 N–H and O–H groups in total. The Bertz CT molecular complexity index is 1180. The van der Waals surface area contributed by atoms with Crippen LogP contribution in [0, 0.1) is 5.82 Å². The fourth-order valence-corrected chi connectivity index (χ4v) is 4.78. The summed E-state index contributed by atoms with van der Waals surface area (Å²) in [6.45, 7) is 1.15. The van der Waals surface area contributed by atoms with E-state index < -0.39 is 23.7 Å². The average molecular weight is 499 g/mol. The third-order valence-electron chi connectivity index (χ3n) is 6.55. The molecule has 9 heteroatoms. The normalized spacial score (nSPS) is 18.2. The van der Waals surface area contributed by atoms with Gasteiger partial charge in [0, 0.05) is 20.1 Å². The molecular weight excluding hydrogens is 467 g/mol. The van der Waals surface area contributed by atoms with Gasteiger partial charge in [0.25, 0.3) is 11.8 Å². The van der Waals surface area contributed by atoms with Crippen LogP contribution in [0.15, 0.2) is 29.3 Å². The fourth-order valence-electron chi connectivity index (χ4n) is 4.78. The van der Waals surface area contributed by atoms with Gasteiger partial charge >= 0.3 is 0 Å². The standard InChI is InChI=1S/C27H31FN2O6/c1-34-11-9-29-26(32)20-7-6-16(13-22(20)28)12-17-14-21(25(35-2)19-5-3-4-18(17)19)27(33)30-23-8-10-36-15-24(23)31/h6-7,13-14,24,31H,3-5,8-12,15H2,1-2H3,(H,29,32)/b30-23-/t24-/m0/s1. The number of aliphatic hydroxyl groups is 1. The predicted octanol–water partition coefficient (Wildman–Crippen LogP) is 2.65. The Morgan fingerprint density at radius 3 is 2.69 bits per heavy atom. The minimum Gasteiger partial charge on any atom is -0.496 e.